The van der Waals surface area contributed by atoms with Crippen LogP contribution in [-0.4, -0.2) is 16.7 Å². The van der Waals surface area contributed by atoms with Gasteiger partial charge in [0.2, 0.25) is 5.91 Å². The van der Waals surface area contributed by atoms with E-state index in [1.165, 1.54) is 11.8 Å². The van der Waals surface area contributed by atoms with E-state index in [9.17, 15) is 4.79 Å². The van der Waals surface area contributed by atoms with Crippen LogP contribution >= 0.6 is 11.8 Å². The molecule has 1 N–H and O–H groups in total. The van der Waals surface area contributed by atoms with Gasteiger partial charge in [0.15, 0.2) is 0 Å². The van der Waals surface area contributed by atoms with Crippen LogP contribution in [0.1, 0.15) is 39.7 Å². The second-order valence-corrected chi connectivity index (χ2v) is 6.54. The van der Waals surface area contributed by atoms with E-state index in [1.807, 2.05) is 32.9 Å². The third-order valence-electron chi connectivity index (χ3n) is 2.99. The summed E-state index contributed by atoms with van der Waals surface area (Å²) in [4.78, 5) is 13.0. The van der Waals surface area contributed by atoms with Crippen molar-refractivity contribution >= 4 is 17.7 Å². The maximum absolute atomic E-state index is 12.1. The first-order valence-corrected chi connectivity index (χ1v) is 7.25. The Kier molecular flexibility index (Phi) is 5.44. The molecular weight excluding hydrogens is 256 g/mol. The average Bonchev–Trinajstić information content (AvgIpc) is 2.38. The molecule has 4 heteroatoms. The van der Waals surface area contributed by atoms with Crippen LogP contribution in [-0.2, 0) is 4.79 Å². The molecule has 0 saturated heterocycles. The zero-order valence-corrected chi connectivity index (χ0v) is 12.7. The third kappa shape index (κ3) is 4.96. The van der Waals surface area contributed by atoms with Gasteiger partial charge in [0.25, 0.3) is 0 Å². The van der Waals surface area contributed by atoms with Crippen LogP contribution in [0.5, 0.6) is 0 Å². The van der Waals surface area contributed by atoms with Crippen molar-refractivity contribution in [1.29, 1.82) is 5.26 Å². The van der Waals surface area contributed by atoms with Crippen LogP contribution < -0.4 is 5.32 Å². The van der Waals surface area contributed by atoms with Crippen molar-refractivity contribution < 1.29 is 4.79 Å². The fourth-order valence-corrected chi connectivity index (χ4v) is 2.35. The number of nitrogens with zero attached hydrogens (tertiary/aromatic N) is 1. The van der Waals surface area contributed by atoms with Gasteiger partial charge in [0, 0.05) is 10.4 Å². The largest absolute Gasteiger partial charge is 0.350 e. The summed E-state index contributed by atoms with van der Waals surface area (Å²) in [5.41, 5.74) is 0.437. The molecule has 1 rings (SSSR count). The van der Waals surface area contributed by atoms with Gasteiger partial charge in [-0.3, -0.25) is 4.79 Å². The Morgan fingerprint density at radius 2 is 2.21 bits per heavy atom. The molecule has 102 valence electrons. The average molecular weight is 276 g/mol. The monoisotopic (exact) mass is 276 g/mol. The van der Waals surface area contributed by atoms with Crippen molar-refractivity contribution in [2.24, 2.45) is 0 Å². The molecule has 0 saturated carbocycles. The lowest BCUT2D eigenvalue weighted by molar-refractivity contribution is -0.121. The second kappa shape index (κ2) is 6.63. The van der Waals surface area contributed by atoms with Gasteiger partial charge < -0.3 is 5.32 Å². The topological polar surface area (TPSA) is 52.9 Å². The molecule has 0 aromatic heterocycles. The van der Waals surface area contributed by atoms with Crippen LogP contribution in [0, 0.1) is 11.3 Å². The predicted molar refractivity (Wildman–Crippen MR) is 79.0 cm³/mol. The van der Waals surface area contributed by atoms with E-state index in [4.69, 9.17) is 5.26 Å². The summed E-state index contributed by atoms with van der Waals surface area (Å²) in [6.07, 6.45) is 0.889. The fraction of sp³-hybridized carbons (Fsp3) is 0.467. The van der Waals surface area contributed by atoms with Crippen LogP contribution in [0.2, 0.25) is 0 Å². The molecule has 1 aromatic rings. The van der Waals surface area contributed by atoms with Crippen molar-refractivity contribution in [3.63, 3.8) is 0 Å². The van der Waals surface area contributed by atoms with E-state index in [-0.39, 0.29) is 16.7 Å². The van der Waals surface area contributed by atoms with Gasteiger partial charge in [0.05, 0.1) is 16.9 Å². The van der Waals surface area contributed by atoms with Gasteiger partial charge in [-0.05, 0) is 45.4 Å². The summed E-state index contributed by atoms with van der Waals surface area (Å²) in [7, 11) is 0. The number of hydrogen-bond acceptors (Lipinski definition) is 3. The molecule has 0 aliphatic carbocycles. The fourth-order valence-electron chi connectivity index (χ4n) is 1.42. The highest BCUT2D eigenvalue weighted by Gasteiger charge is 2.22. The van der Waals surface area contributed by atoms with Gasteiger partial charge in [-0.25, -0.2) is 0 Å². The molecule has 0 radical (unpaired) electrons. The normalized spacial score (nSPS) is 12.6. The highest BCUT2D eigenvalue weighted by Crippen LogP contribution is 2.24. The van der Waals surface area contributed by atoms with Crippen molar-refractivity contribution in [2.75, 3.05) is 0 Å². The van der Waals surface area contributed by atoms with Gasteiger partial charge in [-0.1, -0.05) is 13.0 Å². The number of nitriles is 1. The Labute approximate surface area is 119 Å². The summed E-state index contributed by atoms with van der Waals surface area (Å²) in [5.74, 6) is 0.0270. The Morgan fingerprint density at radius 3 is 2.79 bits per heavy atom. The molecule has 0 aliphatic heterocycles. The standard InChI is InChI=1S/C15H20N2OS/c1-5-15(3,4)17-14(18)11(2)19-13-8-6-7-12(9-13)10-16/h6-9,11H,5H2,1-4H3,(H,17,18). The number of amides is 1. The van der Waals surface area contributed by atoms with E-state index in [0.717, 1.165) is 11.3 Å². The molecule has 0 fully saturated rings. The van der Waals surface area contributed by atoms with Gasteiger partial charge in [0.1, 0.15) is 0 Å². The highest BCUT2D eigenvalue weighted by molar-refractivity contribution is 8.00. The SMILES string of the molecule is CCC(C)(C)NC(=O)C(C)Sc1cccc(C#N)c1. The lowest BCUT2D eigenvalue weighted by Crippen LogP contribution is -2.46. The molecule has 0 heterocycles. The molecule has 1 unspecified atom stereocenters. The van der Waals surface area contributed by atoms with Crippen molar-refractivity contribution in [1.82, 2.24) is 5.32 Å². The van der Waals surface area contributed by atoms with Crippen LogP contribution in [0.15, 0.2) is 29.2 Å². The number of thioether (sulfide) groups is 1. The lowest BCUT2D eigenvalue weighted by atomic mass is 10.0. The lowest BCUT2D eigenvalue weighted by Gasteiger charge is -2.26. The van der Waals surface area contributed by atoms with E-state index < -0.39 is 0 Å². The number of carbonyl (C=O) groups is 1. The molecule has 3 nitrogen and oxygen atoms in total. The summed E-state index contributed by atoms with van der Waals surface area (Å²) < 4.78 is 0. The van der Waals surface area contributed by atoms with Crippen LogP contribution in [0.25, 0.3) is 0 Å². The van der Waals surface area contributed by atoms with Gasteiger partial charge >= 0.3 is 0 Å². The summed E-state index contributed by atoms with van der Waals surface area (Å²) in [5, 5.41) is 11.7. The van der Waals surface area contributed by atoms with Crippen LogP contribution in [0.3, 0.4) is 0 Å². The molecule has 0 spiro atoms. The number of rotatable bonds is 5. The van der Waals surface area contributed by atoms with E-state index in [2.05, 4.69) is 18.3 Å². The molecule has 1 atom stereocenters. The minimum atomic E-state index is -0.181. The number of carbonyl (C=O) groups excluding carboxylic acids is 1. The molecule has 1 aromatic carbocycles. The summed E-state index contributed by atoms with van der Waals surface area (Å²) >= 11 is 1.47. The summed E-state index contributed by atoms with van der Waals surface area (Å²) in [6.45, 7) is 7.95. The first kappa shape index (κ1) is 15.6. The second-order valence-electron chi connectivity index (χ2n) is 5.13. The van der Waals surface area contributed by atoms with E-state index in [1.54, 1.807) is 12.1 Å². The third-order valence-corrected chi connectivity index (χ3v) is 4.08. The van der Waals surface area contributed by atoms with Crippen molar-refractivity contribution in [3.05, 3.63) is 29.8 Å². The first-order chi connectivity index (χ1) is 8.88. The minimum absolute atomic E-state index is 0.0270. The zero-order chi connectivity index (χ0) is 14.5. The maximum Gasteiger partial charge on any atom is 0.233 e. The Hall–Kier alpha value is -1.47. The Morgan fingerprint density at radius 1 is 1.53 bits per heavy atom. The van der Waals surface area contributed by atoms with Crippen molar-refractivity contribution in [2.45, 2.75) is 49.8 Å². The van der Waals surface area contributed by atoms with Gasteiger partial charge in [-0.15, -0.1) is 11.8 Å². The number of nitrogens with one attached hydrogen (secondary N) is 1. The van der Waals surface area contributed by atoms with E-state index >= 15 is 0 Å². The smallest absolute Gasteiger partial charge is 0.233 e. The van der Waals surface area contributed by atoms with E-state index in [0.29, 0.717) is 5.56 Å². The zero-order valence-electron chi connectivity index (χ0n) is 11.9. The quantitative estimate of drug-likeness (QED) is 0.839. The Bertz CT molecular complexity index is 491. The molecule has 1 amide bonds. The molecular formula is C15H20N2OS. The predicted octanol–water partition coefficient (Wildman–Crippen LogP) is 3.34. The Balaban J connectivity index is 2.66. The first-order valence-electron chi connectivity index (χ1n) is 6.37. The maximum atomic E-state index is 12.1. The van der Waals surface area contributed by atoms with Crippen LogP contribution in [0.4, 0.5) is 0 Å². The molecule has 19 heavy (non-hydrogen) atoms. The molecule has 0 bridgehead atoms. The molecule has 0 aliphatic rings. The minimum Gasteiger partial charge on any atom is -0.350 e. The summed E-state index contributed by atoms with van der Waals surface area (Å²) in [6, 6.07) is 9.42. The number of benzene rings is 1. The van der Waals surface area contributed by atoms with Gasteiger partial charge in [-0.2, -0.15) is 5.26 Å². The van der Waals surface area contributed by atoms with Crippen molar-refractivity contribution in [3.8, 4) is 6.07 Å². The highest BCUT2D eigenvalue weighted by atomic mass is 32.2. The number of hydrogen-bond donors (Lipinski definition) is 1.